The van der Waals surface area contributed by atoms with E-state index in [4.69, 9.17) is 4.74 Å². The number of rotatable bonds is 5. The smallest absolute Gasteiger partial charge is 0.168 e. The minimum absolute atomic E-state index is 0.348. The lowest BCUT2D eigenvalue weighted by Crippen LogP contribution is -2.27. The molecule has 0 amide bonds. The van der Waals surface area contributed by atoms with Crippen LogP contribution in [-0.2, 0) is 0 Å². The quantitative estimate of drug-likeness (QED) is 0.872. The average Bonchev–Trinajstić information content (AvgIpc) is 2.76. The summed E-state index contributed by atoms with van der Waals surface area (Å²) in [5.74, 6) is 2.99. The van der Waals surface area contributed by atoms with E-state index in [1.165, 1.54) is 18.6 Å². The standard InChI is InChI=1S/C13H20N2OS/c1-3-16-11-6-4-8-14-12(11)15-10-13(2)7-5-9-17-13/h4,6,8H,3,5,7,9-10H2,1-2H3,(H,14,15). The number of pyridine rings is 1. The Balaban J connectivity index is 1.98. The van der Waals surface area contributed by atoms with E-state index in [0.29, 0.717) is 11.4 Å². The molecule has 17 heavy (non-hydrogen) atoms. The first-order valence-corrected chi connectivity index (χ1v) is 7.18. The van der Waals surface area contributed by atoms with E-state index < -0.39 is 0 Å². The molecular formula is C13H20N2OS. The Hall–Kier alpha value is -0.900. The number of nitrogens with one attached hydrogen (secondary N) is 1. The minimum Gasteiger partial charge on any atom is -0.490 e. The maximum Gasteiger partial charge on any atom is 0.168 e. The van der Waals surface area contributed by atoms with Gasteiger partial charge in [0.1, 0.15) is 0 Å². The van der Waals surface area contributed by atoms with Gasteiger partial charge in [0.2, 0.25) is 0 Å². The van der Waals surface area contributed by atoms with Gasteiger partial charge in [-0.2, -0.15) is 11.8 Å². The fourth-order valence-corrected chi connectivity index (χ4v) is 3.29. The molecule has 3 nitrogen and oxygen atoms in total. The van der Waals surface area contributed by atoms with E-state index in [9.17, 15) is 0 Å². The molecule has 1 saturated heterocycles. The first-order valence-electron chi connectivity index (χ1n) is 6.19. The number of anilines is 1. The second-order valence-electron chi connectivity index (χ2n) is 4.54. The first kappa shape index (κ1) is 12.6. The molecule has 94 valence electrons. The molecule has 0 bridgehead atoms. The highest BCUT2D eigenvalue weighted by atomic mass is 32.2. The second kappa shape index (κ2) is 5.63. The molecule has 1 atom stereocenters. The van der Waals surface area contributed by atoms with Crippen LogP contribution in [0.2, 0.25) is 0 Å². The largest absolute Gasteiger partial charge is 0.490 e. The molecule has 0 aromatic carbocycles. The van der Waals surface area contributed by atoms with Gasteiger partial charge in [0.05, 0.1) is 6.61 Å². The maximum absolute atomic E-state index is 5.55. The highest BCUT2D eigenvalue weighted by Crippen LogP contribution is 2.38. The van der Waals surface area contributed by atoms with Gasteiger partial charge >= 0.3 is 0 Å². The Morgan fingerprint density at radius 2 is 2.47 bits per heavy atom. The van der Waals surface area contributed by atoms with Gasteiger partial charge in [-0.25, -0.2) is 4.98 Å². The van der Waals surface area contributed by atoms with E-state index >= 15 is 0 Å². The van der Waals surface area contributed by atoms with Crippen molar-refractivity contribution in [3.63, 3.8) is 0 Å². The predicted molar refractivity (Wildman–Crippen MR) is 74.0 cm³/mol. The number of ether oxygens (including phenoxy) is 1. The van der Waals surface area contributed by atoms with Crippen LogP contribution < -0.4 is 10.1 Å². The molecule has 1 unspecified atom stereocenters. The maximum atomic E-state index is 5.55. The highest BCUT2D eigenvalue weighted by molar-refractivity contribution is 8.00. The Bertz CT molecular complexity index is 364. The van der Waals surface area contributed by atoms with Crippen molar-refractivity contribution in [1.82, 2.24) is 4.98 Å². The monoisotopic (exact) mass is 252 g/mol. The summed E-state index contributed by atoms with van der Waals surface area (Å²) in [6.07, 6.45) is 4.40. The van der Waals surface area contributed by atoms with Crippen LogP contribution in [0.3, 0.4) is 0 Å². The Morgan fingerprint density at radius 3 is 3.18 bits per heavy atom. The third kappa shape index (κ3) is 3.28. The van der Waals surface area contributed by atoms with Gasteiger partial charge in [-0.15, -0.1) is 0 Å². The van der Waals surface area contributed by atoms with Gasteiger partial charge in [0.15, 0.2) is 11.6 Å². The summed E-state index contributed by atoms with van der Waals surface area (Å²) >= 11 is 2.05. The third-order valence-corrected chi connectivity index (χ3v) is 4.54. The lowest BCUT2D eigenvalue weighted by molar-refractivity contribution is 0.340. The summed E-state index contributed by atoms with van der Waals surface area (Å²) in [5.41, 5.74) is 0. The fourth-order valence-electron chi connectivity index (χ4n) is 2.04. The van der Waals surface area contributed by atoms with Crippen molar-refractivity contribution in [3.8, 4) is 5.75 Å². The van der Waals surface area contributed by atoms with Crippen molar-refractivity contribution in [2.45, 2.75) is 31.4 Å². The Kier molecular flexibility index (Phi) is 4.15. The van der Waals surface area contributed by atoms with Gasteiger partial charge in [-0.1, -0.05) is 0 Å². The van der Waals surface area contributed by atoms with Crippen molar-refractivity contribution in [2.75, 3.05) is 24.2 Å². The van der Waals surface area contributed by atoms with Crippen molar-refractivity contribution in [3.05, 3.63) is 18.3 Å². The highest BCUT2D eigenvalue weighted by Gasteiger charge is 2.29. The van der Waals surface area contributed by atoms with Crippen molar-refractivity contribution < 1.29 is 4.74 Å². The summed E-state index contributed by atoms with van der Waals surface area (Å²) in [5, 5.41) is 3.42. The lowest BCUT2D eigenvalue weighted by Gasteiger charge is -2.23. The molecule has 0 saturated carbocycles. The number of thioether (sulfide) groups is 1. The molecule has 0 radical (unpaired) electrons. The zero-order valence-corrected chi connectivity index (χ0v) is 11.3. The molecule has 1 fully saturated rings. The topological polar surface area (TPSA) is 34.1 Å². The molecule has 1 aromatic rings. The van der Waals surface area contributed by atoms with Crippen LogP contribution in [0.15, 0.2) is 18.3 Å². The zero-order valence-electron chi connectivity index (χ0n) is 10.5. The van der Waals surface area contributed by atoms with Crippen molar-refractivity contribution >= 4 is 17.6 Å². The van der Waals surface area contributed by atoms with E-state index in [0.717, 1.165) is 18.1 Å². The normalized spacial score (nSPS) is 23.6. The summed E-state index contributed by atoms with van der Waals surface area (Å²) in [7, 11) is 0. The number of hydrogen-bond donors (Lipinski definition) is 1. The van der Waals surface area contributed by atoms with Gasteiger partial charge in [0.25, 0.3) is 0 Å². The molecule has 1 aliphatic rings. The zero-order chi connectivity index (χ0) is 12.1. The summed E-state index contributed by atoms with van der Waals surface area (Å²) < 4.78 is 5.90. The number of nitrogens with zero attached hydrogens (tertiary/aromatic N) is 1. The van der Waals surface area contributed by atoms with E-state index in [1.807, 2.05) is 19.1 Å². The van der Waals surface area contributed by atoms with Crippen LogP contribution in [0.25, 0.3) is 0 Å². The molecule has 1 aliphatic heterocycles. The van der Waals surface area contributed by atoms with Gasteiger partial charge in [0, 0.05) is 17.5 Å². The SMILES string of the molecule is CCOc1cccnc1NCC1(C)CCCS1. The molecule has 1 N–H and O–H groups in total. The summed E-state index contributed by atoms with van der Waals surface area (Å²) in [6.45, 7) is 5.94. The van der Waals surface area contributed by atoms with Crippen LogP contribution in [0.5, 0.6) is 5.75 Å². The van der Waals surface area contributed by atoms with Gasteiger partial charge in [-0.05, 0) is 44.6 Å². The van der Waals surface area contributed by atoms with Crippen LogP contribution in [0.1, 0.15) is 26.7 Å². The van der Waals surface area contributed by atoms with E-state index in [-0.39, 0.29) is 0 Å². The summed E-state index contributed by atoms with van der Waals surface area (Å²) in [6, 6.07) is 3.87. The third-order valence-electron chi connectivity index (χ3n) is 3.00. The van der Waals surface area contributed by atoms with E-state index in [1.54, 1.807) is 6.20 Å². The fraction of sp³-hybridized carbons (Fsp3) is 0.615. The van der Waals surface area contributed by atoms with Crippen LogP contribution in [0, 0.1) is 0 Å². The second-order valence-corrected chi connectivity index (χ2v) is 6.22. The first-order chi connectivity index (χ1) is 8.23. The van der Waals surface area contributed by atoms with Crippen LogP contribution in [0.4, 0.5) is 5.82 Å². The molecule has 4 heteroatoms. The Morgan fingerprint density at radius 1 is 1.59 bits per heavy atom. The lowest BCUT2D eigenvalue weighted by atomic mass is 10.1. The summed E-state index contributed by atoms with van der Waals surface area (Å²) in [4.78, 5) is 4.34. The number of hydrogen-bond acceptors (Lipinski definition) is 4. The van der Waals surface area contributed by atoms with Crippen molar-refractivity contribution in [1.29, 1.82) is 0 Å². The molecule has 0 spiro atoms. The molecule has 2 rings (SSSR count). The molecular weight excluding hydrogens is 232 g/mol. The van der Waals surface area contributed by atoms with Gasteiger partial charge < -0.3 is 10.1 Å². The van der Waals surface area contributed by atoms with Crippen LogP contribution >= 0.6 is 11.8 Å². The number of aromatic nitrogens is 1. The molecule has 1 aromatic heterocycles. The van der Waals surface area contributed by atoms with Gasteiger partial charge in [-0.3, -0.25) is 0 Å². The van der Waals surface area contributed by atoms with Crippen LogP contribution in [-0.4, -0.2) is 28.6 Å². The minimum atomic E-state index is 0.348. The molecule has 2 heterocycles. The predicted octanol–water partition coefficient (Wildman–Crippen LogP) is 3.18. The van der Waals surface area contributed by atoms with E-state index in [2.05, 4.69) is 29.0 Å². The average molecular weight is 252 g/mol. The Labute approximate surface area is 107 Å². The molecule has 0 aliphatic carbocycles. The van der Waals surface area contributed by atoms with Crippen molar-refractivity contribution in [2.24, 2.45) is 0 Å².